The molecule has 0 unspecified atom stereocenters. The molecule has 1 heterocycles. The molecule has 0 aliphatic rings. The van der Waals surface area contributed by atoms with Crippen LogP contribution < -0.4 is 20.3 Å². The SMILES string of the molecule is COc1ccc(-c2nn(-c3ccccc3)cc2C(=O)NNC(=O)c2ccccc2)cc1OC. The van der Waals surface area contributed by atoms with Crippen molar-refractivity contribution >= 4 is 11.8 Å². The van der Waals surface area contributed by atoms with Gasteiger partial charge in [0.15, 0.2) is 11.5 Å². The van der Waals surface area contributed by atoms with E-state index in [4.69, 9.17) is 9.47 Å². The summed E-state index contributed by atoms with van der Waals surface area (Å²) in [6, 6.07) is 23.3. The van der Waals surface area contributed by atoms with E-state index in [2.05, 4.69) is 16.0 Å². The Kier molecular flexibility index (Phi) is 6.36. The molecule has 0 spiro atoms. The number of rotatable bonds is 6. The average Bonchev–Trinajstić information content (AvgIpc) is 3.33. The molecule has 0 aliphatic carbocycles. The van der Waals surface area contributed by atoms with E-state index in [1.807, 2.05) is 36.4 Å². The lowest BCUT2D eigenvalue weighted by molar-refractivity contribution is 0.0847. The first-order valence-electron chi connectivity index (χ1n) is 10.1. The first kappa shape index (κ1) is 21.6. The Morgan fingerprint density at radius 1 is 0.788 bits per heavy atom. The van der Waals surface area contributed by atoms with Crippen molar-refractivity contribution in [1.82, 2.24) is 20.6 Å². The lowest BCUT2D eigenvalue weighted by atomic mass is 10.1. The third-order valence-corrected chi connectivity index (χ3v) is 4.96. The van der Waals surface area contributed by atoms with Crippen LogP contribution in [0.1, 0.15) is 20.7 Å². The Balaban J connectivity index is 1.68. The number of aromatic nitrogens is 2. The predicted molar refractivity (Wildman–Crippen MR) is 123 cm³/mol. The monoisotopic (exact) mass is 442 g/mol. The fourth-order valence-corrected chi connectivity index (χ4v) is 3.29. The number of benzene rings is 3. The van der Waals surface area contributed by atoms with Gasteiger partial charge in [0.2, 0.25) is 0 Å². The highest BCUT2D eigenvalue weighted by Crippen LogP contribution is 2.33. The van der Waals surface area contributed by atoms with E-state index in [-0.39, 0.29) is 5.56 Å². The molecule has 0 bridgehead atoms. The third kappa shape index (κ3) is 4.69. The topological polar surface area (TPSA) is 94.5 Å². The van der Waals surface area contributed by atoms with Crippen molar-refractivity contribution in [2.24, 2.45) is 0 Å². The zero-order chi connectivity index (χ0) is 23.2. The Bertz CT molecular complexity index is 1270. The second-order valence-electron chi connectivity index (χ2n) is 7.02. The minimum atomic E-state index is -0.508. The van der Waals surface area contributed by atoms with Gasteiger partial charge in [0, 0.05) is 17.3 Å². The van der Waals surface area contributed by atoms with Crippen LogP contribution in [0, 0.1) is 0 Å². The maximum Gasteiger partial charge on any atom is 0.273 e. The summed E-state index contributed by atoms with van der Waals surface area (Å²) >= 11 is 0. The fourth-order valence-electron chi connectivity index (χ4n) is 3.29. The van der Waals surface area contributed by atoms with E-state index in [9.17, 15) is 9.59 Å². The number of hydrogen-bond donors (Lipinski definition) is 2. The summed E-state index contributed by atoms with van der Waals surface area (Å²) in [4.78, 5) is 25.4. The highest BCUT2D eigenvalue weighted by atomic mass is 16.5. The molecular formula is C25H22N4O4. The van der Waals surface area contributed by atoms with Gasteiger partial charge >= 0.3 is 0 Å². The minimum Gasteiger partial charge on any atom is -0.493 e. The maximum absolute atomic E-state index is 13.1. The van der Waals surface area contributed by atoms with Gasteiger partial charge in [0.25, 0.3) is 11.8 Å². The summed E-state index contributed by atoms with van der Waals surface area (Å²) in [7, 11) is 3.09. The van der Waals surface area contributed by atoms with E-state index < -0.39 is 11.8 Å². The molecule has 0 saturated carbocycles. The van der Waals surface area contributed by atoms with E-state index in [1.165, 1.54) is 7.11 Å². The number of carbonyl (C=O) groups excluding carboxylic acids is 2. The van der Waals surface area contributed by atoms with Gasteiger partial charge < -0.3 is 9.47 Å². The third-order valence-electron chi connectivity index (χ3n) is 4.96. The molecule has 2 amide bonds. The zero-order valence-corrected chi connectivity index (χ0v) is 18.1. The van der Waals surface area contributed by atoms with Gasteiger partial charge in [0.05, 0.1) is 25.5 Å². The van der Waals surface area contributed by atoms with Crippen LogP contribution in [0.4, 0.5) is 0 Å². The van der Waals surface area contributed by atoms with E-state index in [0.717, 1.165) is 5.69 Å². The number of amides is 2. The highest BCUT2D eigenvalue weighted by molar-refractivity contribution is 6.02. The van der Waals surface area contributed by atoms with Crippen LogP contribution in [0.15, 0.2) is 85.1 Å². The fraction of sp³-hybridized carbons (Fsp3) is 0.0800. The number of para-hydroxylation sites is 1. The number of ether oxygens (including phenoxy) is 2. The summed E-state index contributed by atoms with van der Waals surface area (Å²) in [6.07, 6.45) is 1.62. The molecule has 8 heteroatoms. The molecule has 8 nitrogen and oxygen atoms in total. The van der Waals surface area contributed by atoms with Crippen LogP contribution in [0.3, 0.4) is 0 Å². The van der Waals surface area contributed by atoms with Crippen molar-refractivity contribution in [2.75, 3.05) is 14.2 Å². The molecule has 4 rings (SSSR count). The first-order chi connectivity index (χ1) is 16.1. The molecular weight excluding hydrogens is 420 g/mol. The number of nitrogens with zero attached hydrogens (tertiary/aromatic N) is 2. The molecule has 0 fully saturated rings. The van der Waals surface area contributed by atoms with Gasteiger partial charge in [-0.3, -0.25) is 20.4 Å². The van der Waals surface area contributed by atoms with Crippen molar-refractivity contribution in [3.63, 3.8) is 0 Å². The van der Waals surface area contributed by atoms with Crippen molar-refractivity contribution in [3.8, 4) is 28.4 Å². The average molecular weight is 442 g/mol. The minimum absolute atomic E-state index is 0.277. The summed E-state index contributed by atoms with van der Waals surface area (Å²) in [6.45, 7) is 0. The second-order valence-corrected chi connectivity index (χ2v) is 7.02. The normalized spacial score (nSPS) is 10.4. The van der Waals surface area contributed by atoms with Crippen molar-refractivity contribution in [2.45, 2.75) is 0 Å². The summed E-state index contributed by atoms with van der Waals surface area (Å²) in [5.74, 6) is 0.135. The van der Waals surface area contributed by atoms with Gasteiger partial charge in [0.1, 0.15) is 5.69 Å². The quantitative estimate of drug-likeness (QED) is 0.445. The first-order valence-corrected chi connectivity index (χ1v) is 10.1. The summed E-state index contributed by atoms with van der Waals surface area (Å²) < 4.78 is 12.3. The molecule has 33 heavy (non-hydrogen) atoms. The van der Waals surface area contributed by atoms with Crippen molar-refractivity contribution < 1.29 is 19.1 Å². The lowest BCUT2D eigenvalue weighted by Gasteiger charge is -2.10. The highest BCUT2D eigenvalue weighted by Gasteiger charge is 2.20. The molecule has 0 atom stereocenters. The van der Waals surface area contributed by atoms with Crippen molar-refractivity contribution in [1.29, 1.82) is 0 Å². The van der Waals surface area contributed by atoms with E-state index >= 15 is 0 Å². The number of carbonyl (C=O) groups is 2. The number of hydrogen-bond acceptors (Lipinski definition) is 5. The molecule has 0 saturated heterocycles. The van der Waals surface area contributed by atoms with Crippen LogP contribution in [0.5, 0.6) is 11.5 Å². The number of hydrazine groups is 1. The van der Waals surface area contributed by atoms with Crippen LogP contribution >= 0.6 is 0 Å². The van der Waals surface area contributed by atoms with E-state index in [0.29, 0.717) is 28.3 Å². The Hall–Kier alpha value is -4.59. The molecule has 0 radical (unpaired) electrons. The maximum atomic E-state index is 13.1. The van der Waals surface area contributed by atoms with Gasteiger partial charge in [-0.25, -0.2) is 4.68 Å². The molecule has 4 aromatic rings. The van der Waals surface area contributed by atoms with Crippen LogP contribution in [0.2, 0.25) is 0 Å². The van der Waals surface area contributed by atoms with Crippen LogP contribution in [-0.2, 0) is 0 Å². The molecule has 0 aliphatic heterocycles. The van der Waals surface area contributed by atoms with Gasteiger partial charge in [-0.2, -0.15) is 5.10 Å². The Morgan fingerprint density at radius 3 is 2.09 bits per heavy atom. The number of nitrogens with one attached hydrogen (secondary N) is 2. The lowest BCUT2D eigenvalue weighted by Crippen LogP contribution is -2.41. The molecule has 2 N–H and O–H groups in total. The molecule has 3 aromatic carbocycles. The summed E-state index contributed by atoms with van der Waals surface area (Å²) in [5, 5.41) is 4.63. The Labute approximate surface area is 190 Å². The summed E-state index contributed by atoms with van der Waals surface area (Å²) in [5.41, 5.74) is 7.49. The van der Waals surface area contributed by atoms with Crippen molar-refractivity contribution in [3.05, 3.63) is 96.2 Å². The smallest absolute Gasteiger partial charge is 0.273 e. The molecule has 1 aromatic heterocycles. The van der Waals surface area contributed by atoms with Gasteiger partial charge in [-0.15, -0.1) is 0 Å². The van der Waals surface area contributed by atoms with Gasteiger partial charge in [-0.1, -0.05) is 36.4 Å². The Morgan fingerprint density at radius 2 is 1.42 bits per heavy atom. The second kappa shape index (κ2) is 9.69. The standard InChI is InChI=1S/C25H22N4O4/c1-32-21-14-13-18(15-22(21)33-2)23-20(16-29(28-23)19-11-7-4-8-12-19)25(31)27-26-24(30)17-9-5-3-6-10-17/h3-16H,1-2H3,(H,26,30)(H,27,31). The number of methoxy groups -OCH3 is 2. The van der Waals surface area contributed by atoms with Gasteiger partial charge in [-0.05, 0) is 42.5 Å². The molecule has 166 valence electrons. The predicted octanol–water partition coefficient (Wildman–Crippen LogP) is 3.63. The van der Waals surface area contributed by atoms with Crippen LogP contribution in [0.25, 0.3) is 16.9 Å². The zero-order valence-electron chi connectivity index (χ0n) is 18.1. The van der Waals surface area contributed by atoms with E-state index in [1.54, 1.807) is 60.5 Å². The largest absolute Gasteiger partial charge is 0.493 e. The van der Waals surface area contributed by atoms with Crippen LogP contribution in [-0.4, -0.2) is 35.8 Å².